The van der Waals surface area contributed by atoms with E-state index in [1.54, 1.807) is 0 Å². The van der Waals surface area contributed by atoms with Crippen LogP contribution in [0.2, 0.25) is 0 Å². The molecule has 0 atom stereocenters. The molecule has 1 aromatic carbocycles. The number of benzene rings is 1. The van der Waals surface area contributed by atoms with Crippen molar-refractivity contribution in [3.63, 3.8) is 0 Å². The number of carbonyl (C=O) groups is 1. The number of anilines is 1. The second-order valence-corrected chi connectivity index (χ2v) is 4.47. The van der Waals surface area contributed by atoms with Crippen LogP contribution in [-0.2, 0) is 4.79 Å². The van der Waals surface area contributed by atoms with Crippen molar-refractivity contribution in [3.8, 4) is 5.75 Å². The van der Waals surface area contributed by atoms with Crippen LogP contribution in [0.4, 0.5) is 10.2 Å². The van der Waals surface area contributed by atoms with Crippen molar-refractivity contribution >= 4 is 11.7 Å². The maximum Gasteiger partial charge on any atom is 0.263 e. The summed E-state index contributed by atoms with van der Waals surface area (Å²) < 4.78 is 18.1. The van der Waals surface area contributed by atoms with Crippen LogP contribution in [0.3, 0.4) is 0 Å². The Bertz CT molecular complexity index is 612. The quantitative estimate of drug-likeness (QED) is 0.932. The number of amides is 1. The van der Waals surface area contributed by atoms with Crippen LogP contribution in [0.1, 0.15) is 11.1 Å². The molecule has 0 spiro atoms. The lowest BCUT2D eigenvalue weighted by molar-refractivity contribution is -0.118. The smallest absolute Gasteiger partial charge is 0.263 e. The summed E-state index contributed by atoms with van der Waals surface area (Å²) in [7, 11) is 0. The van der Waals surface area contributed by atoms with Gasteiger partial charge in [-0.2, -0.15) is 0 Å². The maximum absolute atomic E-state index is 12.7. The van der Waals surface area contributed by atoms with Crippen molar-refractivity contribution in [2.75, 3.05) is 11.9 Å². The summed E-state index contributed by atoms with van der Waals surface area (Å²) in [5.41, 5.74) is 2.02. The summed E-state index contributed by atoms with van der Waals surface area (Å²) in [6.07, 6.45) is 1.04. The lowest BCUT2D eigenvalue weighted by Gasteiger charge is -2.10. The number of nitrogens with one attached hydrogen (secondary N) is 1. The average molecular weight is 274 g/mol. The van der Waals surface area contributed by atoms with E-state index < -0.39 is 5.82 Å². The molecular formula is C15H15FN2O2. The Kier molecular flexibility index (Phi) is 4.30. The molecule has 0 unspecified atom stereocenters. The summed E-state index contributed by atoms with van der Waals surface area (Å²) >= 11 is 0. The SMILES string of the molecule is Cc1ccc(C)c(OCC(=O)Nc2ccc(F)cn2)c1. The van der Waals surface area contributed by atoms with Crippen LogP contribution in [0.25, 0.3) is 0 Å². The number of carbonyl (C=O) groups excluding carboxylic acids is 1. The zero-order valence-corrected chi connectivity index (χ0v) is 11.3. The first-order chi connectivity index (χ1) is 9.54. The van der Waals surface area contributed by atoms with Gasteiger partial charge in [-0.05, 0) is 43.2 Å². The molecule has 1 aromatic heterocycles. The van der Waals surface area contributed by atoms with Crippen molar-refractivity contribution in [1.82, 2.24) is 4.98 Å². The zero-order valence-electron chi connectivity index (χ0n) is 11.3. The number of hydrogen-bond donors (Lipinski definition) is 1. The van der Waals surface area contributed by atoms with Gasteiger partial charge < -0.3 is 10.1 Å². The molecule has 0 aliphatic carbocycles. The van der Waals surface area contributed by atoms with E-state index in [-0.39, 0.29) is 12.5 Å². The minimum Gasteiger partial charge on any atom is -0.483 e. The number of hydrogen-bond acceptors (Lipinski definition) is 3. The van der Waals surface area contributed by atoms with E-state index in [9.17, 15) is 9.18 Å². The lowest BCUT2D eigenvalue weighted by Crippen LogP contribution is -2.21. The highest BCUT2D eigenvalue weighted by atomic mass is 19.1. The monoisotopic (exact) mass is 274 g/mol. The molecule has 0 bridgehead atoms. The van der Waals surface area contributed by atoms with Gasteiger partial charge in [0.15, 0.2) is 6.61 Å². The van der Waals surface area contributed by atoms with Gasteiger partial charge in [0.25, 0.3) is 5.91 Å². The highest BCUT2D eigenvalue weighted by Gasteiger charge is 2.06. The van der Waals surface area contributed by atoms with E-state index in [1.807, 2.05) is 32.0 Å². The first kappa shape index (κ1) is 14.0. The minimum absolute atomic E-state index is 0.122. The second kappa shape index (κ2) is 6.14. The number of aromatic nitrogens is 1. The summed E-state index contributed by atoms with van der Waals surface area (Å²) in [5, 5.41) is 2.53. The molecular weight excluding hydrogens is 259 g/mol. The largest absolute Gasteiger partial charge is 0.483 e. The predicted molar refractivity (Wildman–Crippen MR) is 74.2 cm³/mol. The highest BCUT2D eigenvalue weighted by molar-refractivity contribution is 5.90. The van der Waals surface area contributed by atoms with Gasteiger partial charge in [0.1, 0.15) is 17.4 Å². The summed E-state index contributed by atoms with van der Waals surface area (Å²) in [4.78, 5) is 15.4. The lowest BCUT2D eigenvalue weighted by atomic mass is 10.1. The Balaban J connectivity index is 1.92. The van der Waals surface area contributed by atoms with Crippen molar-refractivity contribution in [3.05, 3.63) is 53.5 Å². The number of ether oxygens (including phenoxy) is 1. The standard InChI is InChI=1S/C15H15FN2O2/c1-10-3-4-11(2)13(7-10)20-9-15(19)18-14-6-5-12(16)8-17-14/h3-8H,9H2,1-2H3,(H,17,18,19). The molecule has 5 heteroatoms. The van der Waals surface area contributed by atoms with Crippen LogP contribution in [0, 0.1) is 19.7 Å². The first-order valence-corrected chi connectivity index (χ1v) is 6.16. The van der Waals surface area contributed by atoms with Crippen LogP contribution in [-0.4, -0.2) is 17.5 Å². The molecule has 104 valence electrons. The van der Waals surface area contributed by atoms with Gasteiger partial charge in [0.2, 0.25) is 0 Å². The fourth-order valence-corrected chi connectivity index (χ4v) is 1.63. The van der Waals surface area contributed by atoms with Crippen molar-refractivity contribution in [2.24, 2.45) is 0 Å². The van der Waals surface area contributed by atoms with E-state index in [4.69, 9.17) is 4.74 Å². The van der Waals surface area contributed by atoms with Gasteiger partial charge in [-0.15, -0.1) is 0 Å². The molecule has 0 fully saturated rings. The molecule has 1 amide bonds. The van der Waals surface area contributed by atoms with Crippen molar-refractivity contribution < 1.29 is 13.9 Å². The van der Waals surface area contributed by atoms with E-state index in [1.165, 1.54) is 12.1 Å². The van der Waals surface area contributed by atoms with Crippen molar-refractivity contribution in [2.45, 2.75) is 13.8 Å². The molecule has 4 nitrogen and oxygen atoms in total. The Hall–Kier alpha value is -2.43. The molecule has 0 radical (unpaired) electrons. The molecule has 2 aromatic rings. The number of rotatable bonds is 4. The molecule has 0 saturated heterocycles. The number of halogens is 1. The molecule has 1 heterocycles. The van der Waals surface area contributed by atoms with Crippen LogP contribution in [0.15, 0.2) is 36.5 Å². The molecule has 0 aliphatic heterocycles. The second-order valence-electron chi connectivity index (χ2n) is 4.47. The van der Waals surface area contributed by atoms with Gasteiger partial charge in [-0.1, -0.05) is 12.1 Å². The number of aryl methyl sites for hydroxylation is 2. The third kappa shape index (κ3) is 3.78. The van der Waals surface area contributed by atoms with E-state index >= 15 is 0 Å². The van der Waals surface area contributed by atoms with Crippen molar-refractivity contribution in [1.29, 1.82) is 0 Å². The van der Waals surface area contributed by atoms with Crippen LogP contribution in [0.5, 0.6) is 5.75 Å². The third-order valence-electron chi connectivity index (χ3n) is 2.70. The summed E-state index contributed by atoms with van der Waals surface area (Å²) in [6.45, 7) is 3.74. The molecule has 20 heavy (non-hydrogen) atoms. The third-order valence-corrected chi connectivity index (χ3v) is 2.70. The average Bonchev–Trinajstić information content (AvgIpc) is 2.42. The van der Waals surface area contributed by atoms with Gasteiger partial charge in [-0.25, -0.2) is 9.37 Å². The van der Waals surface area contributed by atoms with Gasteiger partial charge >= 0.3 is 0 Å². The Morgan fingerprint density at radius 3 is 2.80 bits per heavy atom. The Morgan fingerprint density at radius 1 is 1.30 bits per heavy atom. The van der Waals surface area contributed by atoms with E-state index in [0.29, 0.717) is 11.6 Å². The fraction of sp³-hybridized carbons (Fsp3) is 0.200. The number of pyridine rings is 1. The maximum atomic E-state index is 12.7. The number of nitrogens with zero attached hydrogens (tertiary/aromatic N) is 1. The van der Waals surface area contributed by atoms with Gasteiger partial charge in [0.05, 0.1) is 6.20 Å². The summed E-state index contributed by atoms with van der Waals surface area (Å²) in [6, 6.07) is 8.41. The molecule has 1 N–H and O–H groups in total. The minimum atomic E-state index is -0.449. The fourth-order valence-electron chi connectivity index (χ4n) is 1.63. The van der Waals surface area contributed by atoms with E-state index in [2.05, 4.69) is 10.3 Å². The highest BCUT2D eigenvalue weighted by Crippen LogP contribution is 2.18. The normalized spacial score (nSPS) is 10.2. The first-order valence-electron chi connectivity index (χ1n) is 6.16. The van der Waals surface area contributed by atoms with Crippen LogP contribution < -0.4 is 10.1 Å². The topological polar surface area (TPSA) is 51.2 Å². The Labute approximate surface area is 116 Å². The van der Waals surface area contributed by atoms with Gasteiger partial charge in [0, 0.05) is 0 Å². The summed E-state index contributed by atoms with van der Waals surface area (Å²) in [5.74, 6) is 0.174. The Morgan fingerprint density at radius 2 is 2.10 bits per heavy atom. The van der Waals surface area contributed by atoms with E-state index in [0.717, 1.165) is 17.3 Å². The predicted octanol–water partition coefficient (Wildman–Crippen LogP) is 2.86. The molecule has 0 saturated carbocycles. The zero-order chi connectivity index (χ0) is 14.5. The van der Waals surface area contributed by atoms with Crippen LogP contribution >= 0.6 is 0 Å². The molecule has 0 aliphatic rings. The van der Waals surface area contributed by atoms with Gasteiger partial charge in [-0.3, -0.25) is 4.79 Å². The molecule has 2 rings (SSSR count).